The van der Waals surface area contributed by atoms with Gasteiger partial charge in [-0.3, -0.25) is 14.5 Å². The molecule has 2 atom stereocenters. The van der Waals surface area contributed by atoms with Crippen LogP contribution in [0.2, 0.25) is 0 Å². The van der Waals surface area contributed by atoms with Crippen LogP contribution in [0, 0.1) is 5.92 Å². The fourth-order valence-corrected chi connectivity index (χ4v) is 2.72. The topological polar surface area (TPSA) is 67.9 Å². The Hall–Kier alpha value is -2.08. The van der Waals surface area contributed by atoms with Crippen LogP contribution in [-0.4, -0.2) is 44.2 Å². The predicted octanol–water partition coefficient (Wildman–Crippen LogP) is 0.953. The maximum Gasteiger partial charge on any atom is 0.268 e. The van der Waals surface area contributed by atoms with E-state index in [9.17, 15) is 9.59 Å². The molecule has 1 N–H and O–H groups in total. The van der Waals surface area contributed by atoms with Gasteiger partial charge < -0.3 is 14.8 Å². The molecule has 22 heavy (non-hydrogen) atoms. The van der Waals surface area contributed by atoms with Crippen molar-refractivity contribution in [1.82, 2.24) is 5.32 Å². The second-order valence-corrected chi connectivity index (χ2v) is 5.69. The number of amides is 2. The molecular formula is C16H20N2O4. The highest BCUT2D eigenvalue weighted by Crippen LogP contribution is 2.33. The monoisotopic (exact) mass is 304 g/mol. The van der Waals surface area contributed by atoms with E-state index < -0.39 is 6.10 Å². The van der Waals surface area contributed by atoms with Crippen molar-refractivity contribution in [2.75, 3.05) is 31.2 Å². The zero-order chi connectivity index (χ0) is 15.5. The number of ether oxygens (including phenoxy) is 2. The number of benzene rings is 1. The molecule has 2 aliphatic rings. The average molecular weight is 304 g/mol. The summed E-state index contributed by atoms with van der Waals surface area (Å²) in [6.07, 6.45) is 0.391. The van der Waals surface area contributed by atoms with Crippen LogP contribution in [0.4, 0.5) is 5.69 Å². The van der Waals surface area contributed by atoms with Gasteiger partial charge in [0.2, 0.25) is 5.91 Å². The fraction of sp³-hybridized carbons (Fsp3) is 0.500. The highest BCUT2D eigenvalue weighted by Gasteiger charge is 2.32. The van der Waals surface area contributed by atoms with Crippen LogP contribution in [0.5, 0.6) is 5.75 Å². The van der Waals surface area contributed by atoms with Crippen molar-refractivity contribution in [1.29, 1.82) is 0 Å². The summed E-state index contributed by atoms with van der Waals surface area (Å²) in [6.45, 7) is 3.74. The molecule has 2 aliphatic heterocycles. The number of rotatable bonds is 4. The van der Waals surface area contributed by atoms with Crippen molar-refractivity contribution >= 4 is 17.5 Å². The molecule has 0 aliphatic carbocycles. The van der Waals surface area contributed by atoms with E-state index >= 15 is 0 Å². The van der Waals surface area contributed by atoms with Gasteiger partial charge in [0.25, 0.3) is 5.91 Å². The van der Waals surface area contributed by atoms with E-state index in [4.69, 9.17) is 9.47 Å². The molecule has 1 fully saturated rings. The minimum absolute atomic E-state index is 0.0110. The van der Waals surface area contributed by atoms with Gasteiger partial charge in [0.05, 0.1) is 12.3 Å². The van der Waals surface area contributed by atoms with Crippen molar-refractivity contribution < 1.29 is 19.1 Å². The molecular weight excluding hydrogens is 284 g/mol. The van der Waals surface area contributed by atoms with Crippen molar-refractivity contribution in [3.63, 3.8) is 0 Å². The van der Waals surface area contributed by atoms with Gasteiger partial charge in [-0.2, -0.15) is 0 Å². The third-order valence-electron chi connectivity index (χ3n) is 3.99. The summed E-state index contributed by atoms with van der Waals surface area (Å²) in [5.74, 6) is 0.643. The Kier molecular flexibility index (Phi) is 4.29. The molecule has 1 saturated heterocycles. The van der Waals surface area contributed by atoms with E-state index in [0.717, 1.165) is 13.0 Å². The second kappa shape index (κ2) is 6.36. The lowest BCUT2D eigenvalue weighted by molar-refractivity contribution is -0.128. The van der Waals surface area contributed by atoms with Crippen LogP contribution < -0.4 is 15.0 Å². The first-order valence-corrected chi connectivity index (χ1v) is 7.56. The number of hydrogen-bond donors (Lipinski definition) is 1. The van der Waals surface area contributed by atoms with Gasteiger partial charge in [-0.05, 0) is 25.5 Å². The number of hydrogen-bond acceptors (Lipinski definition) is 4. The average Bonchev–Trinajstić information content (AvgIpc) is 3.03. The maximum absolute atomic E-state index is 12.3. The lowest BCUT2D eigenvalue weighted by Gasteiger charge is -2.32. The Labute approximate surface area is 129 Å². The molecule has 1 aromatic rings. The van der Waals surface area contributed by atoms with Crippen LogP contribution in [0.3, 0.4) is 0 Å². The SMILES string of the molecule is C[C@H]1Oc2ccccc2N(CC(=O)NC[C@H]2CCOC2)C1=O. The normalized spacial score (nSPS) is 23.9. The molecule has 6 heteroatoms. The minimum atomic E-state index is -0.578. The maximum atomic E-state index is 12.3. The summed E-state index contributed by atoms with van der Waals surface area (Å²) in [6, 6.07) is 7.27. The minimum Gasteiger partial charge on any atom is -0.479 e. The Morgan fingerprint density at radius 2 is 2.23 bits per heavy atom. The first-order valence-electron chi connectivity index (χ1n) is 7.56. The Morgan fingerprint density at radius 3 is 3.00 bits per heavy atom. The van der Waals surface area contributed by atoms with Crippen molar-refractivity contribution in [2.24, 2.45) is 5.92 Å². The molecule has 0 bridgehead atoms. The van der Waals surface area contributed by atoms with Crippen LogP contribution in [-0.2, 0) is 14.3 Å². The first kappa shape index (κ1) is 14.8. The molecule has 118 valence electrons. The summed E-state index contributed by atoms with van der Waals surface area (Å²) < 4.78 is 10.8. The van der Waals surface area contributed by atoms with E-state index in [0.29, 0.717) is 30.5 Å². The predicted molar refractivity (Wildman–Crippen MR) is 80.8 cm³/mol. The van der Waals surface area contributed by atoms with E-state index in [-0.39, 0.29) is 18.4 Å². The molecule has 0 unspecified atom stereocenters. The number of para-hydroxylation sites is 2. The fourth-order valence-electron chi connectivity index (χ4n) is 2.72. The number of anilines is 1. The number of fused-ring (bicyclic) bond motifs is 1. The largest absolute Gasteiger partial charge is 0.479 e. The Bertz CT molecular complexity index is 569. The first-order chi connectivity index (χ1) is 10.6. The number of carbonyl (C=O) groups excluding carboxylic acids is 2. The standard InChI is InChI=1S/C16H20N2O4/c1-11-16(20)18(13-4-2-3-5-14(13)22-11)9-15(19)17-8-12-6-7-21-10-12/h2-5,11-12H,6-10H2,1H3,(H,17,19)/t11-,12-/m1/s1. The quantitative estimate of drug-likeness (QED) is 0.899. The van der Waals surface area contributed by atoms with Gasteiger partial charge in [0, 0.05) is 19.1 Å². The Balaban J connectivity index is 1.65. The zero-order valence-corrected chi connectivity index (χ0v) is 12.6. The van der Waals surface area contributed by atoms with Gasteiger partial charge in [0.15, 0.2) is 6.10 Å². The summed E-state index contributed by atoms with van der Waals surface area (Å²) in [5, 5.41) is 2.88. The number of carbonyl (C=O) groups is 2. The van der Waals surface area contributed by atoms with Crippen molar-refractivity contribution in [3.05, 3.63) is 24.3 Å². The summed E-state index contributed by atoms with van der Waals surface area (Å²) in [5.41, 5.74) is 0.643. The van der Waals surface area contributed by atoms with Crippen LogP contribution in [0.25, 0.3) is 0 Å². The summed E-state index contributed by atoms with van der Waals surface area (Å²) >= 11 is 0. The molecule has 0 saturated carbocycles. The van der Waals surface area contributed by atoms with E-state index in [2.05, 4.69) is 5.32 Å². The summed E-state index contributed by atoms with van der Waals surface area (Å²) in [7, 11) is 0. The van der Waals surface area contributed by atoms with Crippen molar-refractivity contribution in [2.45, 2.75) is 19.4 Å². The number of nitrogens with one attached hydrogen (secondary N) is 1. The van der Waals surface area contributed by atoms with Gasteiger partial charge in [0.1, 0.15) is 12.3 Å². The van der Waals surface area contributed by atoms with E-state index in [1.807, 2.05) is 12.1 Å². The van der Waals surface area contributed by atoms with Gasteiger partial charge in [-0.1, -0.05) is 12.1 Å². The van der Waals surface area contributed by atoms with Crippen LogP contribution >= 0.6 is 0 Å². The van der Waals surface area contributed by atoms with Crippen LogP contribution in [0.15, 0.2) is 24.3 Å². The number of nitrogens with zero attached hydrogens (tertiary/aromatic N) is 1. The third-order valence-corrected chi connectivity index (χ3v) is 3.99. The molecule has 1 aromatic carbocycles. The smallest absolute Gasteiger partial charge is 0.268 e. The Morgan fingerprint density at radius 1 is 1.41 bits per heavy atom. The lowest BCUT2D eigenvalue weighted by Crippen LogP contribution is -2.49. The van der Waals surface area contributed by atoms with Gasteiger partial charge in [-0.25, -0.2) is 0 Å². The molecule has 0 radical (unpaired) electrons. The molecule has 0 aromatic heterocycles. The molecule has 2 heterocycles. The molecule has 3 rings (SSSR count). The molecule has 6 nitrogen and oxygen atoms in total. The molecule has 2 amide bonds. The zero-order valence-electron chi connectivity index (χ0n) is 12.6. The highest BCUT2D eigenvalue weighted by molar-refractivity contribution is 6.03. The molecule has 0 spiro atoms. The van der Waals surface area contributed by atoms with Gasteiger partial charge >= 0.3 is 0 Å². The van der Waals surface area contributed by atoms with Crippen molar-refractivity contribution in [3.8, 4) is 5.75 Å². The second-order valence-electron chi connectivity index (χ2n) is 5.69. The summed E-state index contributed by atoms with van der Waals surface area (Å²) in [4.78, 5) is 25.9. The third kappa shape index (κ3) is 3.06. The van der Waals surface area contributed by atoms with E-state index in [1.165, 1.54) is 4.90 Å². The highest BCUT2D eigenvalue weighted by atomic mass is 16.5. The van der Waals surface area contributed by atoms with Gasteiger partial charge in [-0.15, -0.1) is 0 Å². The lowest BCUT2D eigenvalue weighted by atomic mass is 10.1. The van der Waals surface area contributed by atoms with Crippen LogP contribution in [0.1, 0.15) is 13.3 Å². The van der Waals surface area contributed by atoms with E-state index in [1.54, 1.807) is 19.1 Å².